The van der Waals surface area contributed by atoms with E-state index in [1.807, 2.05) is 0 Å². The van der Waals surface area contributed by atoms with E-state index in [1.54, 1.807) is 7.05 Å². The SMILES string of the molecule is COc1ccc(C(=O)c2c(Br)cnn2C)cc1F. The number of hydrogen-bond acceptors (Lipinski definition) is 3. The highest BCUT2D eigenvalue weighted by Gasteiger charge is 2.18. The number of carbonyl (C=O) groups excluding carboxylic acids is 1. The second-order valence-corrected chi connectivity index (χ2v) is 4.50. The number of aromatic nitrogens is 2. The van der Waals surface area contributed by atoms with Crippen molar-refractivity contribution >= 4 is 21.7 Å². The molecule has 0 fully saturated rings. The van der Waals surface area contributed by atoms with Crippen LogP contribution in [0.3, 0.4) is 0 Å². The van der Waals surface area contributed by atoms with Crippen molar-refractivity contribution in [2.75, 3.05) is 7.11 Å². The maximum absolute atomic E-state index is 13.5. The first-order valence-corrected chi connectivity index (χ1v) is 5.89. The molecule has 0 unspecified atom stereocenters. The molecule has 0 atom stereocenters. The number of nitrogens with zero attached hydrogens (tertiary/aromatic N) is 2. The lowest BCUT2D eigenvalue weighted by atomic mass is 10.1. The van der Waals surface area contributed by atoms with Gasteiger partial charge in [0.05, 0.1) is 17.8 Å². The fourth-order valence-electron chi connectivity index (χ4n) is 1.61. The van der Waals surface area contributed by atoms with E-state index >= 15 is 0 Å². The van der Waals surface area contributed by atoms with Gasteiger partial charge >= 0.3 is 0 Å². The number of benzene rings is 1. The van der Waals surface area contributed by atoms with Gasteiger partial charge in [-0.05, 0) is 34.1 Å². The molecule has 2 aromatic rings. The minimum atomic E-state index is -0.568. The van der Waals surface area contributed by atoms with Gasteiger partial charge in [0.25, 0.3) is 0 Å². The van der Waals surface area contributed by atoms with Gasteiger partial charge in [0.15, 0.2) is 11.6 Å². The summed E-state index contributed by atoms with van der Waals surface area (Å²) in [7, 11) is 3.02. The minimum Gasteiger partial charge on any atom is -0.494 e. The van der Waals surface area contributed by atoms with Gasteiger partial charge in [-0.25, -0.2) is 4.39 Å². The zero-order valence-corrected chi connectivity index (χ0v) is 11.4. The summed E-state index contributed by atoms with van der Waals surface area (Å²) in [5.41, 5.74) is 0.622. The molecule has 6 heteroatoms. The number of carbonyl (C=O) groups is 1. The third kappa shape index (κ3) is 2.15. The molecular formula is C12H10BrFN2O2. The molecule has 0 bridgehead atoms. The van der Waals surface area contributed by atoms with E-state index in [2.05, 4.69) is 21.0 Å². The van der Waals surface area contributed by atoms with E-state index in [1.165, 1.54) is 30.1 Å². The Kier molecular flexibility index (Phi) is 3.47. The minimum absolute atomic E-state index is 0.107. The first kappa shape index (κ1) is 12.8. The van der Waals surface area contributed by atoms with E-state index in [9.17, 15) is 9.18 Å². The van der Waals surface area contributed by atoms with Crippen molar-refractivity contribution in [3.63, 3.8) is 0 Å². The molecule has 0 saturated carbocycles. The van der Waals surface area contributed by atoms with Crippen LogP contribution in [0.15, 0.2) is 28.9 Å². The van der Waals surface area contributed by atoms with Crippen LogP contribution < -0.4 is 4.74 Å². The molecule has 94 valence electrons. The van der Waals surface area contributed by atoms with E-state index in [0.29, 0.717) is 10.2 Å². The van der Waals surface area contributed by atoms with Crippen LogP contribution in [0.4, 0.5) is 4.39 Å². The molecule has 1 aromatic heterocycles. The molecule has 0 radical (unpaired) electrons. The lowest BCUT2D eigenvalue weighted by Crippen LogP contribution is -2.09. The summed E-state index contributed by atoms with van der Waals surface area (Å²) >= 11 is 3.24. The van der Waals surface area contributed by atoms with Crippen LogP contribution in [-0.2, 0) is 7.05 Å². The van der Waals surface area contributed by atoms with Crippen LogP contribution in [0.25, 0.3) is 0 Å². The van der Waals surface area contributed by atoms with Gasteiger partial charge in [-0.1, -0.05) is 0 Å². The maximum Gasteiger partial charge on any atom is 0.212 e. The summed E-state index contributed by atoms with van der Waals surface area (Å²) in [4.78, 5) is 12.2. The van der Waals surface area contributed by atoms with Crippen LogP contribution in [0.5, 0.6) is 5.75 Å². The zero-order chi connectivity index (χ0) is 13.3. The molecule has 0 aliphatic heterocycles. The molecule has 0 saturated heterocycles. The van der Waals surface area contributed by atoms with Gasteiger partial charge in [0.1, 0.15) is 5.69 Å². The number of hydrogen-bond donors (Lipinski definition) is 0. The Bertz CT molecular complexity index is 591. The second kappa shape index (κ2) is 4.89. The normalized spacial score (nSPS) is 10.4. The van der Waals surface area contributed by atoms with E-state index < -0.39 is 5.82 Å². The molecule has 2 rings (SSSR count). The summed E-state index contributed by atoms with van der Waals surface area (Å²) < 4.78 is 20.4. The van der Waals surface area contributed by atoms with E-state index in [-0.39, 0.29) is 17.1 Å². The summed E-state index contributed by atoms with van der Waals surface area (Å²) in [6.07, 6.45) is 1.52. The van der Waals surface area contributed by atoms with Crippen molar-refractivity contribution < 1.29 is 13.9 Å². The smallest absolute Gasteiger partial charge is 0.212 e. The van der Waals surface area contributed by atoms with Crippen LogP contribution in [0.1, 0.15) is 16.1 Å². The predicted octanol–water partition coefficient (Wildman–Crippen LogP) is 2.56. The van der Waals surface area contributed by atoms with Crippen LogP contribution in [0.2, 0.25) is 0 Å². The summed E-state index contributed by atoms with van der Waals surface area (Å²) in [6.45, 7) is 0. The van der Waals surface area contributed by atoms with Gasteiger partial charge in [-0.2, -0.15) is 5.10 Å². The average molecular weight is 313 g/mol. The van der Waals surface area contributed by atoms with Crippen LogP contribution in [0, 0.1) is 5.82 Å². The standard InChI is InChI=1S/C12H10BrFN2O2/c1-16-11(8(13)6-15-16)12(17)7-3-4-10(18-2)9(14)5-7/h3-6H,1-2H3. The van der Waals surface area contributed by atoms with Gasteiger partial charge in [0.2, 0.25) is 5.78 Å². The Labute approximate surface area is 111 Å². The van der Waals surface area contributed by atoms with Crippen molar-refractivity contribution in [3.05, 3.63) is 45.9 Å². The Balaban J connectivity index is 2.44. The largest absolute Gasteiger partial charge is 0.494 e. The van der Waals surface area contributed by atoms with E-state index in [4.69, 9.17) is 4.74 Å². The number of ketones is 1. The number of methoxy groups -OCH3 is 1. The van der Waals surface area contributed by atoms with Crippen molar-refractivity contribution in [2.45, 2.75) is 0 Å². The number of halogens is 2. The third-order valence-corrected chi connectivity index (χ3v) is 3.10. The fourth-order valence-corrected chi connectivity index (χ4v) is 2.14. The van der Waals surface area contributed by atoms with E-state index in [0.717, 1.165) is 6.07 Å². The molecular weight excluding hydrogens is 303 g/mol. The number of ether oxygens (including phenoxy) is 1. The average Bonchev–Trinajstić information content (AvgIpc) is 2.68. The topological polar surface area (TPSA) is 44.1 Å². The highest BCUT2D eigenvalue weighted by Crippen LogP contribution is 2.22. The van der Waals surface area contributed by atoms with Crippen LogP contribution >= 0.6 is 15.9 Å². The third-order valence-electron chi connectivity index (χ3n) is 2.52. The fraction of sp³-hybridized carbons (Fsp3) is 0.167. The van der Waals surface area contributed by atoms with Gasteiger partial charge < -0.3 is 4.74 Å². The second-order valence-electron chi connectivity index (χ2n) is 3.64. The molecule has 0 aliphatic carbocycles. The lowest BCUT2D eigenvalue weighted by Gasteiger charge is -2.05. The van der Waals surface area contributed by atoms with Crippen molar-refractivity contribution in [1.29, 1.82) is 0 Å². The Morgan fingerprint density at radius 1 is 1.50 bits per heavy atom. The number of aryl methyl sites for hydroxylation is 1. The monoisotopic (exact) mass is 312 g/mol. The quantitative estimate of drug-likeness (QED) is 0.818. The van der Waals surface area contributed by atoms with Crippen molar-refractivity contribution in [3.8, 4) is 5.75 Å². The summed E-state index contributed by atoms with van der Waals surface area (Å²) in [5.74, 6) is -0.763. The first-order valence-electron chi connectivity index (χ1n) is 5.10. The van der Waals surface area contributed by atoms with Gasteiger partial charge in [-0.3, -0.25) is 9.48 Å². The molecule has 18 heavy (non-hydrogen) atoms. The summed E-state index contributed by atoms with van der Waals surface area (Å²) in [6, 6.07) is 4.09. The molecule has 0 aliphatic rings. The van der Waals surface area contributed by atoms with Gasteiger partial charge in [-0.15, -0.1) is 0 Å². The highest BCUT2D eigenvalue weighted by molar-refractivity contribution is 9.10. The van der Waals surface area contributed by atoms with Gasteiger partial charge in [0, 0.05) is 12.6 Å². The maximum atomic E-state index is 13.5. The predicted molar refractivity (Wildman–Crippen MR) is 67.3 cm³/mol. The highest BCUT2D eigenvalue weighted by atomic mass is 79.9. The number of rotatable bonds is 3. The summed E-state index contributed by atoms with van der Waals surface area (Å²) in [5, 5.41) is 3.95. The molecule has 0 spiro atoms. The van der Waals surface area contributed by atoms with Crippen molar-refractivity contribution in [1.82, 2.24) is 9.78 Å². The lowest BCUT2D eigenvalue weighted by molar-refractivity contribution is 0.102. The molecule has 1 heterocycles. The Hall–Kier alpha value is -1.69. The van der Waals surface area contributed by atoms with Crippen LogP contribution in [-0.4, -0.2) is 22.7 Å². The Morgan fingerprint density at radius 3 is 2.72 bits per heavy atom. The molecule has 1 aromatic carbocycles. The molecule has 0 N–H and O–H groups in total. The zero-order valence-electron chi connectivity index (χ0n) is 9.78. The van der Waals surface area contributed by atoms with Crippen molar-refractivity contribution in [2.24, 2.45) is 7.05 Å². The molecule has 0 amide bonds. The first-order chi connectivity index (χ1) is 8.54. The Morgan fingerprint density at radius 2 is 2.22 bits per heavy atom. The molecule has 4 nitrogen and oxygen atoms in total.